The molecule has 3 aromatic rings. The van der Waals surface area contributed by atoms with Crippen LogP contribution in [0.2, 0.25) is 0 Å². The number of nitrogens with one attached hydrogen (secondary N) is 1. The van der Waals surface area contributed by atoms with Gasteiger partial charge in [-0.05, 0) is 79.5 Å². The standard InChI is InChI=1S/C33H37FN2O2/c1-3-27(30-12-8-7-9-25(30)2)19-22-35-32(38)33(28-10-5-4-6-11-28)20-23-36(24-21-33)31(37)18-15-26-13-16-29(34)17-14-26/h3-14,16-17H,15,18-24H2,1-2H3,(H,35,38)/b27-3-. The molecule has 0 atom stereocenters. The smallest absolute Gasteiger partial charge is 0.230 e. The van der Waals surface area contributed by atoms with Gasteiger partial charge in [0.25, 0.3) is 0 Å². The number of hydrogen-bond acceptors (Lipinski definition) is 2. The summed E-state index contributed by atoms with van der Waals surface area (Å²) in [6, 6.07) is 24.6. The Labute approximate surface area is 225 Å². The minimum absolute atomic E-state index is 0.0300. The van der Waals surface area contributed by atoms with Crippen LogP contribution in [-0.4, -0.2) is 36.3 Å². The summed E-state index contributed by atoms with van der Waals surface area (Å²) in [5.41, 5.74) is 4.95. The second kappa shape index (κ2) is 12.7. The average molecular weight is 513 g/mol. The van der Waals surface area contributed by atoms with Gasteiger partial charge in [0.15, 0.2) is 0 Å². The molecule has 1 fully saturated rings. The highest BCUT2D eigenvalue weighted by Gasteiger charge is 2.43. The van der Waals surface area contributed by atoms with Crippen molar-refractivity contribution in [3.05, 3.63) is 113 Å². The fourth-order valence-corrected chi connectivity index (χ4v) is 5.45. The summed E-state index contributed by atoms with van der Waals surface area (Å²) in [7, 11) is 0. The van der Waals surface area contributed by atoms with Gasteiger partial charge >= 0.3 is 0 Å². The van der Waals surface area contributed by atoms with E-state index in [1.165, 1.54) is 28.8 Å². The van der Waals surface area contributed by atoms with E-state index in [2.05, 4.69) is 30.4 Å². The molecule has 1 aliphatic heterocycles. The van der Waals surface area contributed by atoms with Crippen LogP contribution in [-0.2, 0) is 21.4 Å². The Morgan fingerprint density at radius 1 is 0.921 bits per heavy atom. The first-order chi connectivity index (χ1) is 18.4. The molecule has 0 aromatic heterocycles. The molecule has 1 N–H and O–H groups in total. The van der Waals surface area contributed by atoms with Crippen molar-refractivity contribution in [1.82, 2.24) is 10.2 Å². The van der Waals surface area contributed by atoms with Crippen LogP contribution in [0.4, 0.5) is 4.39 Å². The van der Waals surface area contributed by atoms with Crippen molar-refractivity contribution in [3.63, 3.8) is 0 Å². The van der Waals surface area contributed by atoms with Gasteiger partial charge in [-0.25, -0.2) is 4.39 Å². The predicted octanol–water partition coefficient (Wildman–Crippen LogP) is 6.24. The largest absolute Gasteiger partial charge is 0.355 e. The third-order valence-corrected chi connectivity index (χ3v) is 7.79. The van der Waals surface area contributed by atoms with Gasteiger partial charge in [-0.1, -0.05) is 72.8 Å². The van der Waals surface area contributed by atoms with Crippen molar-refractivity contribution in [2.45, 2.75) is 51.4 Å². The quantitative estimate of drug-likeness (QED) is 0.369. The van der Waals surface area contributed by atoms with Gasteiger partial charge in [0.1, 0.15) is 5.82 Å². The highest BCUT2D eigenvalue weighted by molar-refractivity contribution is 5.89. The average Bonchev–Trinajstić information content (AvgIpc) is 2.96. The third kappa shape index (κ3) is 6.39. The molecule has 1 heterocycles. The molecule has 1 saturated heterocycles. The minimum Gasteiger partial charge on any atom is -0.355 e. The number of benzene rings is 3. The van der Waals surface area contributed by atoms with E-state index in [4.69, 9.17) is 0 Å². The lowest BCUT2D eigenvalue weighted by Gasteiger charge is -2.41. The molecule has 4 nitrogen and oxygen atoms in total. The summed E-state index contributed by atoms with van der Waals surface area (Å²) in [6.45, 7) is 5.78. The van der Waals surface area contributed by atoms with Crippen LogP contribution in [0.3, 0.4) is 0 Å². The van der Waals surface area contributed by atoms with E-state index in [9.17, 15) is 14.0 Å². The van der Waals surface area contributed by atoms with Crippen molar-refractivity contribution < 1.29 is 14.0 Å². The summed E-state index contributed by atoms with van der Waals surface area (Å²) in [5.74, 6) is -0.168. The number of nitrogens with zero attached hydrogens (tertiary/aromatic N) is 1. The summed E-state index contributed by atoms with van der Waals surface area (Å²) in [5, 5.41) is 3.23. The number of likely N-dealkylation sites (tertiary alicyclic amines) is 1. The zero-order valence-electron chi connectivity index (χ0n) is 22.4. The maximum atomic E-state index is 13.7. The molecule has 1 aliphatic rings. The Morgan fingerprint density at radius 3 is 2.24 bits per heavy atom. The maximum Gasteiger partial charge on any atom is 0.230 e. The van der Waals surface area contributed by atoms with Crippen molar-refractivity contribution in [2.75, 3.05) is 19.6 Å². The fourth-order valence-electron chi connectivity index (χ4n) is 5.45. The van der Waals surface area contributed by atoms with Gasteiger partial charge in [0.05, 0.1) is 5.41 Å². The van der Waals surface area contributed by atoms with E-state index in [0.717, 1.165) is 17.5 Å². The van der Waals surface area contributed by atoms with Crippen molar-refractivity contribution in [1.29, 1.82) is 0 Å². The normalized spacial score (nSPS) is 15.2. The van der Waals surface area contributed by atoms with Crippen molar-refractivity contribution >= 4 is 17.4 Å². The lowest BCUT2D eigenvalue weighted by molar-refractivity contribution is -0.136. The maximum absolute atomic E-state index is 13.7. The third-order valence-electron chi connectivity index (χ3n) is 7.79. The summed E-state index contributed by atoms with van der Waals surface area (Å²) in [4.78, 5) is 28.6. The second-order valence-corrected chi connectivity index (χ2v) is 10.1. The zero-order chi connectivity index (χ0) is 27.0. The summed E-state index contributed by atoms with van der Waals surface area (Å²) < 4.78 is 13.2. The molecule has 0 bridgehead atoms. The number of carbonyl (C=O) groups is 2. The first kappa shape index (κ1) is 27.3. The number of halogens is 1. The SMILES string of the molecule is C/C=C(/CCNC(=O)C1(c2ccccc2)CCN(C(=O)CCc2ccc(F)cc2)CC1)c1ccccc1C. The molecule has 0 unspecified atom stereocenters. The number of amides is 2. The van der Waals surface area contributed by atoms with Crippen LogP contribution in [0.25, 0.3) is 5.57 Å². The van der Waals surface area contributed by atoms with Crippen LogP contribution in [0.5, 0.6) is 0 Å². The Morgan fingerprint density at radius 2 is 1.58 bits per heavy atom. The number of hydrogen-bond donors (Lipinski definition) is 1. The number of rotatable bonds is 9. The fraction of sp³-hybridized carbons (Fsp3) is 0.333. The van der Waals surface area contributed by atoms with E-state index in [-0.39, 0.29) is 17.6 Å². The van der Waals surface area contributed by atoms with Crippen LogP contribution >= 0.6 is 0 Å². The number of allylic oxidation sites excluding steroid dienone is 1. The van der Waals surface area contributed by atoms with Gasteiger partial charge in [0, 0.05) is 26.1 Å². The Bertz CT molecular complexity index is 1260. The van der Waals surface area contributed by atoms with Crippen LogP contribution in [0.1, 0.15) is 54.9 Å². The Kier molecular flexibility index (Phi) is 9.11. The van der Waals surface area contributed by atoms with E-state index in [0.29, 0.717) is 45.3 Å². The Hall–Kier alpha value is -3.73. The highest BCUT2D eigenvalue weighted by atomic mass is 19.1. The summed E-state index contributed by atoms with van der Waals surface area (Å²) >= 11 is 0. The predicted molar refractivity (Wildman–Crippen MR) is 151 cm³/mol. The van der Waals surface area contributed by atoms with Crippen LogP contribution in [0.15, 0.2) is 84.9 Å². The molecule has 0 aliphatic carbocycles. The Balaban J connectivity index is 1.39. The monoisotopic (exact) mass is 512 g/mol. The lowest BCUT2D eigenvalue weighted by Crippen LogP contribution is -2.53. The van der Waals surface area contributed by atoms with E-state index in [1.54, 1.807) is 12.1 Å². The number of aryl methyl sites for hydroxylation is 2. The van der Waals surface area contributed by atoms with Crippen LogP contribution < -0.4 is 5.32 Å². The molecule has 2 amide bonds. The summed E-state index contributed by atoms with van der Waals surface area (Å²) in [6.07, 6.45) is 5.00. The highest BCUT2D eigenvalue weighted by Crippen LogP contribution is 2.36. The zero-order valence-corrected chi connectivity index (χ0v) is 22.4. The van der Waals surface area contributed by atoms with Crippen molar-refractivity contribution in [2.24, 2.45) is 0 Å². The van der Waals surface area contributed by atoms with Gasteiger partial charge in [-0.15, -0.1) is 0 Å². The van der Waals surface area contributed by atoms with Gasteiger partial charge in [0.2, 0.25) is 11.8 Å². The van der Waals surface area contributed by atoms with Gasteiger partial charge in [-0.2, -0.15) is 0 Å². The van der Waals surface area contributed by atoms with Crippen LogP contribution in [0, 0.1) is 12.7 Å². The molecule has 0 saturated carbocycles. The molecular weight excluding hydrogens is 475 g/mol. The first-order valence-electron chi connectivity index (χ1n) is 13.5. The molecule has 4 rings (SSSR count). The molecule has 38 heavy (non-hydrogen) atoms. The molecular formula is C33H37FN2O2. The van der Waals surface area contributed by atoms with Gasteiger partial charge in [-0.3, -0.25) is 9.59 Å². The topological polar surface area (TPSA) is 49.4 Å². The van der Waals surface area contributed by atoms with E-state index in [1.807, 2.05) is 54.3 Å². The molecule has 3 aromatic carbocycles. The molecule has 5 heteroatoms. The van der Waals surface area contributed by atoms with Crippen molar-refractivity contribution in [3.8, 4) is 0 Å². The molecule has 0 spiro atoms. The molecule has 198 valence electrons. The lowest BCUT2D eigenvalue weighted by atomic mass is 9.72. The van der Waals surface area contributed by atoms with Gasteiger partial charge < -0.3 is 10.2 Å². The van der Waals surface area contributed by atoms with E-state index < -0.39 is 5.41 Å². The number of carbonyl (C=O) groups excluding carboxylic acids is 2. The molecule has 0 radical (unpaired) electrons. The first-order valence-corrected chi connectivity index (χ1v) is 13.5. The number of piperidine rings is 1. The second-order valence-electron chi connectivity index (χ2n) is 10.1. The van der Waals surface area contributed by atoms with E-state index >= 15 is 0 Å². The minimum atomic E-state index is -0.659.